The van der Waals surface area contributed by atoms with Crippen molar-refractivity contribution in [1.82, 2.24) is 0 Å². The Labute approximate surface area is 140 Å². The summed E-state index contributed by atoms with van der Waals surface area (Å²) in [6.45, 7) is 5.63. The van der Waals surface area contributed by atoms with Gasteiger partial charge in [-0.1, -0.05) is 45.7 Å². The highest BCUT2D eigenvalue weighted by Crippen LogP contribution is 2.32. The van der Waals surface area contributed by atoms with Gasteiger partial charge in [-0.25, -0.2) is 0 Å². The average Bonchev–Trinajstić information content (AvgIpc) is 2.45. The molecule has 21 heavy (non-hydrogen) atoms. The number of benzene rings is 2. The van der Waals surface area contributed by atoms with E-state index in [0.717, 1.165) is 21.6 Å². The number of hydrogen-bond acceptors (Lipinski definition) is 2. The van der Waals surface area contributed by atoms with E-state index in [4.69, 9.17) is 17.3 Å². The van der Waals surface area contributed by atoms with Crippen LogP contribution in [0.15, 0.2) is 46.9 Å². The van der Waals surface area contributed by atoms with Crippen LogP contribution < -0.4 is 10.6 Å². The molecule has 0 heterocycles. The Morgan fingerprint density at radius 3 is 2.57 bits per heavy atom. The van der Waals surface area contributed by atoms with Crippen LogP contribution in [0.5, 0.6) is 0 Å². The number of halogens is 2. The number of hydrogen-bond donors (Lipinski definition) is 1. The molecule has 0 amide bonds. The van der Waals surface area contributed by atoms with Crippen LogP contribution in [0.4, 0.5) is 5.69 Å². The van der Waals surface area contributed by atoms with Crippen LogP contribution in [0, 0.1) is 6.92 Å². The van der Waals surface area contributed by atoms with Gasteiger partial charge in [0.1, 0.15) is 0 Å². The first-order chi connectivity index (χ1) is 10.1. The van der Waals surface area contributed by atoms with E-state index in [1.165, 1.54) is 11.3 Å². The van der Waals surface area contributed by atoms with Crippen molar-refractivity contribution in [2.45, 2.75) is 19.9 Å². The molecular weight excluding hydrogens is 348 g/mol. The van der Waals surface area contributed by atoms with Gasteiger partial charge in [-0.2, -0.15) is 0 Å². The molecule has 0 aliphatic heterocycles. The molecule has 0 fully saturated rings. The molecule has 1 unspecified atom stereocenters. The third kappa shape index (κ3) is 3.79. The van der Waals surface area contributed by atoms with Crippen molar-refractivity contribution < 1.29 is 0 Å². The Kier molecular flexibility index (Phi) is 5.68. The quantitative estimate of drug-likeness (QED) is 0.811. The zero-order valence-corrected chi connectivity index (χ0v) is 14.7. The van der Waals surface area contributed by atoms with E-state index in [1.54, 1.807) is 0 Å². The molecule has 1 atom stereocenters. The van der Waals surface area contributed by atoms with Gasteiger partial charge < -0.3 is 10.6 Å². The fraction of sp³-hybridized carbons (Fsp3) is 0.294. The minimum Gasteiger partial charge on any atom is -0.363 e. The number of anilines is 1. The molecule has 0 aliphatic rings. The topological polar surface area (TPSA) is 29.3 Å². The summed E-state index contributed by atoms with van der Waals surface area (Å²) in [7, 11) is 0. The van der Waals surface area contributed by atoms with E-state index in [9.17, 15) is 0 Å². The smallest absolute Gasteiger partial charge is 0.0679 e. The predicted octanol–water partition coefficient (Wildman–Crippen LogP) is 4.94. The van der Waals surface area contributed by atoms with Crippen LogP contribution in [0.3, 0.4) is 0 Å². The lowest BCUT2D eigenvalue weighted by atomic mass is 10.0. The Hall–Kier alpha value is -1.03. The third-order valence-corrected chi connectivity index (χ3v) is 4.42. The summed E-state index contributed by atoms with van der Waals surface area (Å²) in [6, 6.07) is 14.5. The number of nitrogens with two attached hydrogens (primary N) is 1. The van der Waals surface area contributed by atoms with Crippen LogP contribution in [0.2, 0.25) is 5.02 Å². The second-order valence-electron chi connectivity index (χ2n) is 5.04. The maximum absolute atomic E-state index is 6.41. The van der Waals surface area contributed by atoms with Crippen molar-refractivity contribution >= 4 is 33.2 Å². The zero-order chi connectivity index (χ0) is 15.4. The van der Waals surface area contributed by atoms with E-state index in [1.807, 2.05) is 18.2 Å². The minimum absolute atomic E-state index is 0.0670. The fourth-order valence-corrected chi connectivity index (χ4v) is 3.38. The van der Waals surface area contributed by atoms with Gasteiger partial charge in [0, 0.05) is 28.3 Å². The average molecular weight is 368 g/mol. The molecule has 0 saturated carbocycles. The van der Waals surface area contributed by atoms with Crippen molar-refractivity contribution in [3.63, 3.8) is 0 Å². The highest BCUT2D eigenvalue weighted by molar-refractivity contribution is 9.10. The summed E-state index contributed by atoms with van der Waals surface area (Å²) in [5, 5.41) is 0.742. The molecule has 2 aromatic carbocycles. The van der Waals surface area contributed by atoms with Gasteiger partial charge in [0.25, 0.3) is 0 Å². The maximum atomic E-state index is 6.41. The zero-order valence-electron chi connectivity index (χ0n) is 12.3. The maximum Gasteiger partial charge on any atom is 0.0679 e. The summed E-state index contributed by atoms with van der Waals surface area (Å²) in [4.78, 5) is 2.29. The lowest BCUT2D eigenvalue weighted by molar-refractivity contribution is 0.643. The Morgan fingerprint density at radius 1 is 1.24 bits per heavy atom. The molecule has 0 spiro atoms. The predicted molar refractivity (Wildman–Crippen MR) is 95.1 cm³/mol. The van der Waals surface area contributed by atoms with Crippen LogP contribution in [0.25, 0.3) is 0 Å². The van der Waals surface area contributed by atoms with E-state index in [-0.39, 0.29) is 6.04 Å². The van der Waals surface area contributed by atoms with Gasteiger partial charge in [-0.3, -0.25) is 0 Å². The lowest BCUT2D eigenvalue weighted by Crippen LogP contribution is -2.34. The minimum atomic E-state index is 0.0670. The van der Waals surface area contributed by atoms with Crippen molar-refractivity contribution in [1.29, 1.82) is 0 Å². The van der Waals surface area contributed by atoms with E-state index in [0.29, 0.717) is 6.54 Å². The molecule has 2 nitrogen and oxygen atoms in total. The number of rotatable bonds is 5. The van der Waals surface area contributed by atoms with Crippen molar-refractivity contribution in [2.24, 2.45) is 5.73 Å². The largest absolute Gasteiger partial charge is 0.363 e. The number of nitrogens with zero attached hydrogens (tertiary/aromatic N) is 1. The number of aryl methyl sites for hydroxylation is 1. The second-order valence-corrected chi connectivity index (χ2v) is 6.37. The van der Waals surface area contributed by atoms with Gasteiger partial charge in [0.05, 0.1) is 6.04 Å². The number of likely N-dealkylation sites (N-methyl/N-ethyl adjacent to an activating group) is 1. The highest BCUT2D eigenvalue weighted by atomic mass is 79.9. The normalized spacial score (nSPS) is 12.2. The molecule has 4 heteroatoms. The first-order valence-corrected chi connectivity index (χ1v) is 8.22. The summed E-state index contributed by atoms with van der Waals surface area (Å²) in [5.41, 5.74) is 9.52. The van der Waals surface area contributed by atoms with E-state index < -0.39 is 0 Å². The highest BCUT2D eigenvalue weighted by Gasteiger charge is 2.20. The molecule has 2 N–H and O–H groups in total. The van der Waals surface area contributed by atoms with Gasteiger partial charge in [0.2, 0.25) is 0 Å². The molecule has 0 aromatic heterocycles. The summed E-state index contributed by atoms with van der Waals surface area (Å²) in [5.74, 6) is 0. The SMILES string of the molecule is CCN(c1cccc(C)c1)C(CN)c1ccc(Br)cc1Cl. The van der Waals surface area contributed by atoms with Crippen LogP contribution >= 0.6 is 27.5 Å². The Morgan fingerprint density at radius 2 is 2.00 bits per heavy atom. The van der Waals surface area contributed by atoms with E-state index >= 15 is 0 Å². The van der Waals surface area contributed by atoms with Gasteiger partial charge >= 0.3 is 0 Å². The molecule has 0 radical (unpaired) electrons. The molecule has 0 bridgehead atoms. The first kappa shape index (κ1) is 16.3. The Bertz CT molecular complexity index is 615. The molecule has 112 valence electrons. The molecular formula is C17H20BrClN2. The molecule has 0 aliphatic carbocycles. The fourth-order valence-electron chi connectivity index (χ4n) is 2.58. The van der Waals surface area contributed by atoms with Crippen molar-refractivity contribution in [3.05, 3.63) is 63.1 Å². The molecule has 2 rings (SSSR count). The van der Waals surface area contributed by atoms with Crippen LogP contribution in [0.1, 0.15) is 24.1 Å². The standard InChI is InChI=1S/C17H20BrClN2/c1-3-21(14-6-4-5-12(2)9-14)17(11-20)15-8-7-13(18)10-16(15)19/h4-10,17H,3,11,20H2,1-2H3. The monoisotopic (exact) mass is 366 g/mol. The van der Waals surface area contributed by atoms with Crippen molar-refractivity contribution in [3.8, 4) is 0 Å². The van der Waals surface area contributed by atoms with E-state index in [2.05, 4.69) is 58.9 Å². The molecule has 0 saturated heterocycles. The van der Waals surface area contributed by atoms with Crippen molar-refractivity contribution in [2.75, 3.05) is 18.0 Å². The molecule has 2 aromatic rings. The Balaban J connectivity index is 2.42. The van der Waals surface area contributed by atoms with Crippen LogP contribution in [-0.4, -0.2) is 13.1 Å². The summed E-state index contributed by atoms with van der Waals surface area (Å²) < 4.78 is 0.977. The first-order valence-electron chi connectivity index (χ1n) is 7.05. The lowest BCUT2D eigenvalue weighted by Gasteiger charge is -2.33. The third-order valence-electron chi connectivity index (χ3n) is 3.59. The summed E-state index contributed by atoms with van der Waals surface area (Å²) >= 11 is 9.86. The summed E-state index contributed by atoms with van der Waals surface area (Å²) in [6.07, 6.45) is 0. The van der Waals surface area contributed by atoms with Crippen LogP contribution in [-0.2, 0) is 0 Å². The van der Waals surface area contributed by atoms with Gasteiger partial charge in [-0.15, -0.1) is 0 Å². The van der Waals surface area contributed by atoms with Gasteiger partial charge in [0.15, 0.2) is 0 Å². The second kappa shape index (κ2) is 7.30. The van der Waals surface area contributed by atoms with Gasteiger partial charge in [-0.05, 0) is 49.2 Å².